The number of aromatic amines is 2. The molecule has 1 unspecified atom stereocenters. The van der Waals surface area contributed by atoms with Gasteiger partial charge >= 0.3 is 0 Å². The van der Waals surface area contributed by atoms with Crippen molar-refractivity contribution in [1.82, 2.24) is 40.5 Å². The van der Waals surface area contributed by atoms with Gasteiger partial charge in [0.25, 0.3) is 0 Å². The molecule has 10 nitrogen and oxygen atoms in total. The summed E-state index contributed by atoms with van der Waals surface area (Å²) in [6.45, 7) is 3.96. The molecule has 0 radical (unpaired) electrons. The second kappa shape index (κ2) is 12.5. The van der Waals surface area contributed by atoms with Gasteiger partial charge in [-0.15, -0.1) is 5.16 Å². The zero-order chi connectivity index (χ0) is 30.9. The maximum Gasteiger partial charge on any atom is 0.110 e. The molecule has 2 fully saturated rings. The molecule has 1 atom stereocenters. The Balaban J connectivity index is 1.27. The van der Waals surface area contributed by atoms with Gasteiger partial charge in [0.2, 0.25) is 0 Å². The Hall–Kier alpha value is -4.93. The van der Waals surface area contributed by atoms with Crippen molar-refractivity contribution in [2.24, 2.45) is 5.16 Å². The first-order valence-electron chi connectivity index (χ1n) is 16.2. The maximum atomic E-state index is 9.62. The first-order valence-corrected chi connectivity index (χ1v) is 16.2. The summed E-state index contributed by atoms with van der Waals surface area (Å²) in [5.74, 6) is 2.60. The molecule has 8 rings (SSSR count). The number of piperidine rings is 2. The number of nitrogens with one attached hydrogen (secondary N) is 4. The topological polar surface area (TPSA) is 140 Å². The second-order valence-corrected chi connectivity index (χ2v) is 12.4. The number of fused-ring (bicyclic) bond motifs is 1. The number of aromatic nitrogens is 6. The number of H-pyrrole nitrogens is 2. The van der Waals surface area contributed by atoms with Crippen LogP contribution in [0.4, 0.5) is 0 Å². The summed E-state index contributed by atoms with van der Waals surface area (Å²) in [6.07, 6.45) is 15.2. The highest BCUT2D eigenvalue weighted by Gasteiger charge is 2.31. The van der Waals surface area contributed by atoms with E-state index in [2.05, 4.69) is 60.0 Å². The number of nitrogens with zero attached hydrogens (tertiary/aromatic N) is 5. The Bertz CT molecular complexity index is 1880. The number of rotatable bonds is 7. The smallest absolute Gasteiger partial charge is 0.110 e. The summed E-state index contributed by atoms with van der Waals surface area (Å²) in [7, 11) is 0. The normalized spacial score (nSPS) is 19.0. The van der Waals surface area contributed by atoms with Crippen LogP contribution in [0.2, 0.25) is 0 Å². The maximum absolute atomic E-state index is 9.62. The first-order chi connectivity index (χ1) is 22.8. The van der Waals surface area contributed by atoms with Crippen LogP contribution in [0.15, 0.2) is 78.5 Å². The third-order valence-corrected chi connectivity index (χ3v) is 9.64. The van der Waals surface area contributed by atoms with Gasteiger partial charge in [-0.1, -0.05) is 18.2 Å². The number of hydrogen-bond donors (Lipinski definition) is 5. The third kappa shape index (κ3) is 5.33. The lowest BCUT2D eigenvalue weighted by molar-refractivity contribution is 0.320. The Morgan fingerprint density at radius 3 is 1.78 bits per heavy atom. The van der Waals surface area contributed by atoms with Crippen LogP contribution in [-0.4, -0.2) is 67.5 Å². The molecular weight excluding hydrogens is 574 g/mol. The van der Waals surface area contributed by atoms with Crippen molar-refractivity contribution in [3.8, 4) is 33.8 Å². The van der Waals surface area contributed by atoms with Gasteiger partial charge in [-0.05, 0) is 93.3 Å². The average molecular weight is 612 g/mol. The van der Waals surface area contributed by atoms with Crippen LogP contribution in [0, 0.1) is 0 Å². The van der Waals surface area contributed by atoms with Crippen LogP contribution in [0.3, 0.4) is 0 Å². The molecule has 5 N–H and O–H groups in total. The Morgan fingerprint density at radius 2 is 1.22 bits per heavy atom. The minimum absolute atomic E-state index is 0.183. The number of benzene rings is 1. The highest BCUT2D eigenvalue weighted by Crippen LogP contribution is 2.44. The lowest BCUT2D eigenvalue weighted by atomic mass is 9.94. The van der Waals surface area contributed by atoms with Crippen molar-refractivity contribution in [3.05, 3.63) is 102 Å². The summed E-state index contributed by atoms with van der Waals surface area (Å²) < 4.78 is 0. The highest BCUT2D eigenvalue weighted by atomic mass is 16.4. The van der Waals surface area contributed by atoms with Crippen molar-refractivity contribution in [1.29, 1.82) is 0 Å². The number of imidazole rings is 2. The molecule has 2 aliphatic heterocycles. The SMILES string of the molecule is ON=CC1C=C(c2nc(C3CCNCC3)[nH]c2-c2ccncc2)c2cc(-c3nc(C4CCNCC4)[nH]c3-c3ccncc3)ccc21. The molecule has 3 aliphatic rings. The van der Waals surface area contributed by atoms with Crippen LogP contribution < -0.4 is 10.6 Å². The van der Waals surface area contributed by atoms with Gasteiger partial charge in [0.1, 0.15) is 11.6 Å². The predicted octanol–water partition coefficient (Wildman–Crippen LogP) is 5.85. The molecule has 1 aliphatic carbocycles. The van der Waals surface area contributed by atoms with E-state index in [1.54, 1.807) is 6.21 Å². The average Bonchev–Trinajstić information content (AvgIpc) is 3.86. The molecule has 2 saturated heterocycles. The van der Waals surface area contributed by atoms with E-state index in [9.17, 15) is 5.21 Å². The summed E-state index contributed by atoms with van der Waals surface area (Å²) in [4.78, 5) is 26.5. The molecule has 6 heterocycles. The van der Waals surface area contributed by atoms with E-state index in [4.69, 9.17) is 9.97 Å². The second-order valence-electron chi connectivity index (χ2n) is 12.4. The molecular formula is C36H37N9O. The monoisotopic (exact) mass is 611 g/mol. The fraction of sp³-hybridized carbons (Fsp3) is 0.306. The number of allylic oxidation sites excluding steroid dienone is 1. The fourth-order valence-electron chi connectivity index (χ4n) is 7.21. The quantitative estimate of drug-likeness (QED) is 0.0884. The zero-order valence-electron chi connectivity index (χ0n) is 25.6. The van der Waals surface area contributed by atoms with Crippen molar-refractivity contribution in [2.75, 3.05) is 26.2 Å². The molecule has 232 valence electrons. The number of pyridine rings is 2. The van der Waals surface area contributed by atoms with Crippen molar-refractivity contribution in [2.45, 2.75) is 43.4 Å². The van der Waals surface area contributed by atoms with E-state index >= 15 is 0 Å². The molecule has 46 heavy (non-hydrogen) atoms. The van der Waals surface area contributed by atoms with Crippen LogP contribution in [0.25, 0.3) is 39.3 Å². The van der Waals surface area contributed by atoms with Gasteiger partial charge < -0.3 is 25.8 Å². The van der Waals surface area contributed by atoms with Gasteiger partial charge in [-0.25, -0.2) is 9.97 Å². The standard InChI is InChI=1S/C36H37N9O/c46-41-21-27-20-30(34-32(23-5-13-38-14-6-23)43-36(45-34)25-9-17-40-18-10-25)29-19-26(1-2-28(27)29)33-31(22-3-11-37-12-4-22)42-35(44-33)24-7-15-39-16-8-24/h1-6,11-14,19-21,24-25,27,39-40,46H,7-10,15-18H2,(H,42,44)(H,43,45). The van der Waals surface area contributed by atoms with Crippen LogP contribution in [-0.2, 0) is 0 Å². The molecule has 4 aromatic heterocycles. The minimum atomic E-state index is -0.183. The molecule has 0 saturated carbocycles. The number of hydrogen-bond acceptors (Lipinski definition) is 8. The van der Waals surface area contributed by atoms with Crippen molar-refractivity contribution >= 4 is 11.8 Å². The summed E-state index contributed by atoms with van der Waals surface area (Å²) in [5.41, 5.74) is 10.1. The highest BCUT2D eigenvalue weighted by molar-refractivity contribution is 5.96. The summed E-state index contributed by atoms with van der Waals surface area (Å²) in [6, 6.07) is 14.6. The molecule has 10 heteroatoms. The molecule has 0 bridgehead atoms. The molecule has 0 spiro atoms. The Labute approximate surface area is 267 Å². The zero-order valence-corrected chi connectivity index (χ0v) is 25.6. The number of oxime groups is 1. The Morgan fingerprint density at radius 1 is 0.674 bits per heavy atom. The first kappa shape index (κ1) is 28.5. The fourth-order valence-corrected chi connectivity index (χ4v) is 7.21. The van der Waals surface area contributed by atoms with Crippen LogP contribution >= 0.6 is 0 Å². The van der Waals surface area contributed by atoms with E-state index < -0.39 is 0 Å². The van der Waals surface area contributed by atoms with E-state index in [1.165, 1.54) is 0 Å². The summed E-state index contributed by atoms with van der Waals surface area (Å²) >= 11 is 0. The van der Waals surface area contributed by atoms with Gasteiger partial charge in [0.05, 0.1) is 29.0 Å². The minimum Gasteiger partial charge on any atom is -0.411 e. The molecule has 5 aromatic rings. The van der Waals surface area contributed by atoms with E-state index in [1.807, 2.05) is 49.1 Å². The van der Waals surface area contributed by atoms with Gasteiger partial charge in [-0.3, -0.25) is 9.97 Å². The third-order valence-electron chi connectivity index (χ3n) is 9.64. The molecule has 0 amide bonds. The summed E-state index contributed by atoms with van der Waals surface area (Å²) in [5, 5.41) is 20.0. The lowest BCUT2D eigenvalue weighted by Gasteiger charge is -2.20. The van der Waals surface area contributed by atoms with Crippen molar-refractivity contribution < 1.29 is 5.21 Å². The Kier molecular flexibility index (Phi) is 7.73. The van der Waals surface area contributed by atoms with Crippen LogP contribution in [0.1, 0.15) is 71.9 Å². The predicted molar refractivity (Wildman–Crippen MR) is 179 cm³/mol. The van der Waals surface area contributed by atoms with E-state index in [0.29, 0.717) is 11.8 Å². The van der Waals surface area contributed by atoms with Gasteiger partial charge in [-0.2, -0.15) is 0 Å². The van der Waals surface area contributed by atoms with Crippen LogP contribution in [0.5, 0.6) is 0 Å². The lowest BCUT2D eigenvalue weighted by Crippen LogP contribution is -2.27. The molecule has 1 aromatic carbocycles. The van der Waals surface area contributed by atoms with Gasteiger partial charge in [0.15, 0.2) is 0 Å². The van der Waals surface area contributed by atoms with E-state index in [0.717, 1.165) is 120 Å². The van der Waals surface area contributed by atoms with Gasteiger partial charge in [0, 0.05) is 64.8 Å². The largest absolute Gasteiger partial charge is 0.411 e. The van der Waals surface area contributed by atoms with E-state index in [-0.39, 0.29) is 5.92 Å². The van der Waals surface area contributed by atoms with Crippen molar-refractivity contribution in [3.63, 3.8) is 0 Å².